The molecule has 144 valence electrons. The Hall–Kier alpha value is -1.13. The molecule has 1 aromatic rings. The van der Waals surface area contributed by atoms with Gasteiger partial charge in [-0.25, -0.2) is 0 Å². The van der Waals surface area contributed by atoms with Crippen LogP contribution in [0.15, 0.2) is 18.2 Å². The number of hydrogen-bond donors (Lipinski definition) is 1. The van der Waals surface area contributed by atoms with Crippen LogP contribution in [0.2, 0.25) is 0 Å². The van der Waals surface area contributed by atoms with Gasteiger partial charge in [0.05, 0.1) is 0 Å². The molecule has 1 saturated heterocycles. The van der Waals surface area contributed by atoms with Gasteiger partial charge in [-0.2, -0.15) is 0 Å². The smallest absolute Gasteiger partial charge is 0.173 e. The van der Waals surface area contributed by atoms with Crippen LogP contribution in [0.4, 0.5) is 5.69 Å². The normalized spacial score (nSPS) is 20.2. The SMILES string of the molecule is Cc1ccc(NC(=S)N2CCC(N(C)C3CCCCCC3)CC2)cc1C. The van der Waals surface area contributed by atoms with Crippen LogP contribution < -0.4 is 5.32 Å². The van der Waals surface area contributed by atoms with Gasteiger partial charge < -0.3 is 15.1 Å². The van der Waals surface area contributed by atoms with Gasteiger partial charge in [0.2, 0.25) is 0 Å². The first-order chi connectivity index (χ1) is 12.5. The van der Waals surface area contributed by atoms with Gasteiger partial charge in [-0.3, -0.25) is 0 Å². The quantitative estimate of drug-likeness (QED) is 0.585. The maximum Gasteiger partial charge on any atom is 0.173 e. The maximum absolute atomic E-state index is 5.68. The average Bonchev–Trinajstić information content (AvgIpc) is 2.94. The number of nitrogens with zero attached hydrogens (tertiary/aromatic N) is 2. The summed E-state index contributed by atoms with van der Waals surface area (Å²) < 4.78 is 0. The molecule has 0 aromatic heterocycles. The Kier molecular flexibility index (Phi) is 6.93. The average molecular weight is 374 g/mol. The molecule has 0 bridgehead atoms. The van der Waals surface area contributed by atoms with Crippen LogP contribution in [-0.4, -0.2) is 47.1 Å². The topological polar surface area (TPSA) is 18.5 Å². The highest BCUT2D eigenvalue weighted by molar-refractivity contribution is 7.80. The Morgan fingerprint density at radius 1 is 0.962 bits per heavy atom. The Morgan fingerprint density at radius 2 is 1.58 bits per heavy atom. The third-order valence-electron chi connectivity index (χ3n) is 6.49. The molecule has 0 spiro atoms. The van der Waals surface area contributed by atoms with E-state index in [9.17, 15) is 0 Å². The van der Waals surface area contributed by atoms with Crippen molar-refractivity contribution >= 4 is 23.0 Å². The van der Waals surface area contributed by atoms with Crippen LogP contribution in [-0.2, 0) is 0 Å². The highest BCUT2D eigenvalue weighted by Crippen LogP contribution is 2.26. The molecule has 3 rings (SSSR count). The Balaban J connectivity index is 1.49. The number of anilines is 1. The first-order valence-corrected chi connectivity index (χ1v) is 10.8. The largest absolute Gasteiger partial charge is 0.349 e. The second kappa shape index (κ2) is 9.18. The summed E-state index contributed by atoms with van der Waals surface area (Å²) in [6.07, 6.45) is 10.9. The van der Waals surface area contributed by atoms with Crippen molar-refractivity contribution in [3.05, 3.63) is 29.3 Å². The van der Waals surface area contributed by atoms with E-state index >= 15 is 0 Å². The van der Waals surface area contributed by atoms with Crippen molar-refractivity contribution < 1.29 is 0 Å². The second-order valence-electron chi connectivity index (χ2n) is 8.26. The maximum atomic E-state index is 5.68. The summed E-state index contributed by atoms with van der Waals surface area (Å²) in [6.45, 7) is 6.43. The van der Waals surface area contributed by atoms with Gasteiger partial charge in [0.15, 0.2) is 5.11 Å². The molecule has 3 nitrogen and oxygen atoms in total. The van der Waals surface area contributed by atoms with Crippen molar-refractivity contribution in [3.63, 3.8) is 0 Å². The van der Waals surface area contributed by atoms with Gasteiger partial charge in [-0.15, -0.1) is 0 Å². The monoisotopic (exact) mass is 373 g/mol. The second-order valence-corrected chi connectivity index (χ2v) is 8.64. The van der Waals surface area contributed by atoms with Crippen LogP contribution in [0.3, 0.4) is 0 Å². The van der Waals surface area contributed by atoms with Gasteiger partial charge in [-0.1, -0.05) is 31.7 Å². The highest BCUT2D eigenvalue weighted by Gasteiger charge is 2.28. The fraction of sp³-hybridized carbons (Fsp3) is 0.682. The van der Waals surface area contributed by atoms with E-state index < -0.39 is 0 Å². The molecule has 1 aliphatic heterocycles. The first kappa shape index (κ1) is 19.6. The minimum atomic E-state index is 0.721. The summed E-state index contributed by atoms with van der Waals surface area (Å²) in [5, 5.41) is 4.32. The number of likely N-dealkylation sites (tertiary alicyclic amines) is 1. The van der Waals surface area contributed by atoms with E-state index in [1.54, 1.807) is 0 Å². The zero-order valence-corrected chi connectivity index (χ0v) is 17.6. The number of hydrogen-bond acceptors (Lipinski definition) is 2. The Labute approximate surface area is 165 Å². The lowest BCUT2D eigenvalue weighted by Gasteiger charge is -2.41. The van der Waals surface area contributed by atoms with Crippen LogP contribution in [0.25, 0.3) is 0 Å². The third-order valence-corrected chi connectivity index (χ3v) is 6.85. The van der Waals surface area contributed by atoms with Gasteiger partial charge >= 0.3 is 0 Å². The van der Waals surface area contributed by atoms with Crippen molar-refractivity contribution in [2.75, 3.05) is 25.5 Å². The lowest BCUT2D eigenvalue weighted by atomic mass is 9.99. The molecule has 2 fully saturated rings. The molecule has 0 amide bonds. The van der Waals surface area contributed by atoms with Crippen LogP contribution >= 0.6 is 12.2 Å². The number of thiocarbonyl (C=S) groups is 1. The minimum absolute atomic E-state index is 0.721. The molecule has 2 aliphatic rings. The van der Waals surface area contributed by atoms with E-state index in [0.29, 0.717) is 0 Å². The molecule has 4 heteroatoms. The molecule has 0 atom stereocenters. The Bertz CT molecular complexity index is 599. The molecule has 1 heterocycles. The van der Waals surface area contributed by atoms with E-state index in [-0.39, 0.29) is 0 Å². The molecule has 0 radical (unpaired) electrons. The summed E-state index contributed by atoms with van der Waals surface area (Å²) in [5.74, 6) is 0. The lowest BCUT2D eigenvalue weighted by molar-refractivity contribution is 0.111. The van der Waals surface area contributed by atoms with E-state index in [1.165, 1.54) is 62.5 Å². The molecular weight excluding hydrogens is 338 g/mol. The number of benzene rings is 1. The van der Waals surface area contributed by atoms with E-state index in [0.717, 1.165) is 36.0 Å². The standard InChI is InChI=1S/C22H35N3S/c1-17-10-11-19(16-18(17)2)23-22(26)25-14-12-21(13-15-25)24(3)20-8-6-4-5-7-9-20/h10-11,16,20-21H,4-9,12-15H2,1-3H3,(H,23,26). The molecule has 1 N–H and O–H groups in total. The van der Waals surface area contributed by atoms with E-state index in [1.807, 2.05) is 0 Å². The lowest BCUT2D eigenvalue weighted by Crippen LogP contribution is -2.49. The van der Waals surface area contributed by atoms with Crippen molar-refractivity contribution in [1.29, 1.82) is 0 Å². The predicted octanol–water partition coefficient (Wildman–Crippen LogP) is 5.12. The fourth-order valence-corrected chi connectivity index (χ4v) is 4.76. The minimum Gasteiger partial charge on any atom is -0.349 e. The summed E-state index contributed by atoms with van der Waals surface area (Å²) in [5.41, 5.74) is 3.74. The highest BCUT2D eigenvalue weighted by atomic mass is 32.1. The first-order valence-electron chi connectivity index (χ1n) is 10.4. The predicted molar refractivity (Wildman–Crippen MR) is 116 cm³/mol. The third kappa shape index (κ3) is 4.98. The fourth-order valence-electron chi connectivity index (χ4n) is 4.46. The number of rotatable bonds is 3. The molecule has 1 saturated carbocycles. The van der Waals surface area contributed by atoms with Gasteiger partial charge in [0.25, 0.3) is 0 Å². The summed E-state index contributed by atoms with van der Waals surface area (Å²) >= 11 is 5.68. The zero-order valence-electron chi connectivity index (χ0n) is 16.8. The molecule has 1 aliphatic carbocycles. The van der Waals surface area contributed by atoms with Crippen molar-refractivity contribution in [2.45, 2.75) is 77.3 Å². The van der Waals surface area contributed by atoms with Crippen molar-refractivity contribution in [2.24, 2.45) is 0 Å². The molecular formula is C22H35N3S. The van der Waals surface area contributed by atoms with Crippen molar-refractivity contribution in [1.82, 2.24) is 9.80 Å². The summed E-state index contributed by atoms with van der Waals surface area (Å²) in [6, 6.07) is 8.00. The van der Waals surface area contributed by atoms with Crippen LogP contribution in [0, 0.1) is 13.8 Å². The number of aryl methyl sites for hydroxylation is 2. The van der Waals surface area contributed by atoms with Crippen LogP contribution in [0.1, 0.15) is 62.5 Å². The van der Waals surface area contributed by atoms with Gasteiger partial charge in [0, 0.05) is 30.9 Å². The number of nitrogens with one attached hydrogen (secondary N) is 1. The Morgan fingerprint density at radius 3 is 2.19 bits per heavy atom. The molecule has 0 unspecified atom stereocenters. The van der Waals surface area contributed by atoms with Crippen molar-refractivity contribution in [3.8, 4) is 0 Å². The molecule has 26 heavy (non-hydrogen) atoms. The zero-order chi connectivity index (χ0) is 18.5. The van der Waals surface area contributed by atoms with Gasteiger partial charge in [0.1, 0.15) is 0 Å². The summed E-state index contributed by atoms with van der Waals surface area (Å²) in [7, 11) is 2.36. The van der Waals surface area contributed by atoms with E-state index in [4.69, 9.17) is 12.2 Å². The molecule has 1 aromatic carbocycles. The van der Waals surface area contributed by atoms with E-state index in [2.05, 4.69) is 54.2 Å². The summed E-state index contributed by atoms with van der Waals surface area (Å²) in [4.78, 5) is 5.05. The van der Waals surface area contributed by atoms with Gasteiger partial charge in [-0.05, 0) is 82.1 Å². The number of piperidine rings is 1. The van der Waals surface area contributed by atoms with Crippen LogP contribution in [0.5, 0.6) is 0 Å².